The summed E-state index contributed by atoms with van der Waals surface area (Å²) in [7, 11) is 0. The highest BCUT2D eigenvalue weighted by molar-refractivity contribution is 6.39. The highest BCUT2D eigenvalue weighted by Crippen LogP contribution is 2.34. The molecule has 2 aromatic heterocycles. The number of pyridine rings is 1. The van der Waals surface area contributed by atoms with Crippen molar-refractivity contribution >= 4 is 34.1 Å². The van der Waals surface area contributed by atoms with Crippen molar-refractivity contribution in [2.75, 3.05) is 0 Å². The van der Waals surface area contributed by atoms with E-state index in [4.69, 9.17) is 23.2 Å². The van der Waals surface area contributed by atoms with Gasteiger partial charge in [-0.1, -0.05) is 23.2 Å². The summed E-state index contributed by atoms with van der Waals surface area (Å²) in [6.45, 7) is 1.85. The van der Waals surface area contributed by atoms with E-state index in [1.54, 1.807) is 18.3 Å². The van der Waals surface area contributed by atoms with E-state index in [0.717, 1.165) is 5.69 Å². The number of aryl methyl sites for hydroxylation is 1. The molecule has 5 nitrogen and oxygen atoms in total. The van der Waals surface area contributed by atoms with Crippen molar-refractivity contribution in [1.29, 1.82) is 0 Å². The molecule has 0 bridgehead atoms. The standard InChI is InChI=1S/C14H9Cl2N3O2/c1-7-2-3-8(5-17-7)19-6-18-12-11(14(19)21)9(15)4-10(16)13(12)20/h2-6,20H,1H3. The van der Waals surface area contributed by atoms with Crippen molar-refractivity contribution in [1.82, 2.24) is 14.5 Å². The van der Waals surface area contributed by atoms with Crippen LogP contribution in [-0.4, -0.2) is 19.6 Å². The quantitative estimate of drug-likeness (QED) is 0.747. The minimum absolute atomic E-state index is 0.0501. The van der Waals surface area contributed by atoms with Gasteiger partial charge >= 0.3 is 0 Å². The van der Waals surface area contributed by atoms with E-state index in [2.05, 4.69) is 9.97 Å². The summed E-state index contributed by atoms with van der Waals surface area (Å²) < 4.78 is 1.31. The minimum Gasteiger partial charge on any atom is -0.504 e. The monoisotopic (exact) mass is 321 g/mol. The molecule has 0 atom stereocenters. The Balaban J connectivity index is 2.36. The first-order chi connectivity index (χ1) is 9.99. The Labute approximate surface area is 129 Å². The lowest BCUT2D eigenvalue weighted by molar-refractivity contribution is 0.480. The molecule has 2 heterocycles. The molecule has 0 spiro atoms. The van der Waals surface area contributed by atoms with Crippen LogP contribution in [0.4, 0.5) is 0 Å². The van der Waals surface area contributed by atoms with Crippen molar-refractivity contribution in [3.05, 3.63) is 56.8 Å². The summed E-state index contributed by atoms with van der Waals surface area (Å²) in [5.41, 5.74) is 1.07. The lowest BCUT2D eigenvalue weighted by Gasteiger charge is -2.09. The molecule has 106 valence electrons. The van der Waals surface area contributed by atoms with E-state index in [1.807, 2.05) is 6.92 Å². The number of hydrogen-bond acceptors (Lipinski definition) is 4. The fourth-order valence-corrected chi connectivity index (χ4v) is 2.53. The summed E-state index contributed by atoms with van der Waals surface area (Å²) in [5, 5.41) is 10.2. The normalized spacial score (nSPS) is 11.0. The third kappa shape index (κ3) is 2.24. The smallest absolute Gasteiger partial charge is 0.267 e. The lowest BCUT2D eigenvalue weighted by atomic mass is 10.2. The van der Waals surface area contributed by atoms with E-state index >= 15 is 0 Å². The van der Waals surface area contributed by atoms with Crippen LogP contribution in [0.5, 0.6) is 5.75 Å². The van der Waals surface area contributed by atoms with Crippen LogP contribution in [0.25, 0.3) is 16.6 Å². The number of halogens is 2. The average molecular weight is 322 g/mol. The summed E-state index contributed by atoms with van der Waals surface area (Å²) in [6.07, 6.45) is 2.87. The van der Waals surface area contributed by atoms with Gasteiger partial charge in [-0.15, -0.1) is 0 Å². The first kappa shape index (κ1) is 13.9. The summed E-state index contributed by atoms with van der Waals surface area (Å²) in [6, 6.07) is 4.86. The molecule has 0 aliphatic heterocycles. The first-order valence-corrected chi connectivity index (χ1v) is 6.76. The number of rotatable bonds is 1. The van der Waals surface area contributed by atoms with Gasteiger partial charge in [0.15, 0.2) is 5.75 Å². The van der Waals surface area contributed by atoms with Crippen LogP contribution in [0.1, 0.15) is 5.69 Å². The highest BCUT2D eigenvalue weighted by Gasteiger charge is 2.15. The third-order valence-electron chi connectivity index (χ3n) is 3.09. The van der Waals surface area contributed by atoms with Gasteiger partial charge in [-0.3, -0.25) is 14.3 Å². The molecule has 0 unspecified atom stereocenters. The van der Waals surface area contributed by atoms with Crippen molar-refractivity contribution in [2.45, 2.75) is 6.92 Å². The summed E-state index contributed by atoms with van der Waals surface area (Å²) in [4.78, 5) is 20.8. The minimum atomic E-state index is -0.400. The zero-order chi connectivity index (χ0) is 15.1. The number of fused-ring (bicyclic) bond motifs is 1. The van der Waals surface area contributed by atoms with Crippen LogP contribution in [0, 0.1) is 6.92 Å². The highest BCUT2D eigenvalue weighted by atomic mass is 35.5. The molecule has 21 heavy (non-hydrogen) atoms. The van der Waals surface area contributed by atoms with E-state index in [0.29, 0.717) is 5.69 Å². The van der Waals surface area contributed by atoms with Crippen molar-refractivity contribution in [2.24, 2.45) is 0 Å². The molecule has 0 aliphatic rings. The van der Waals surface area contributed by atoms with Gasteiger partial charge in [0.1, 0.15) is 11.8 Å². The molecule has 0 saturated heterocycles. The number of benzene rings is 1. The Morgan fingerprint density at radius 3 is 2.62 bits per heavy atom. The molecule has 1 aromatic carbocycles. The maximum Gasteiger partial charge on any atom is 0.267 e. The Hall–Kier alpha value is -2.11. The molecule has 0 aliphatic carbocycles. The van der Waals surface area contributed by atoms with Crippen LogP contribution in [0.2, 0.25) is 10.0 Å². The van der Waals surface area contributed by atoms with E-state index in [-0.39, 0.29) is 26.7 Å². The lowest BCUT2D eigenvalue weighted by Crippen LogP contribution is -2.19. The number of phenols is 1. The molecule has 0 fully saturated rings. The topological polar surface area (TPSA) is 68.0 Å². The Morgan fingerprint density at radius 1 is 1.19 bits per heavy atom. The fourth-order valence-electron chi connectivity index (χ4n) is 2.00. The van der Waals surface area contributed by atoms with Crippen LogP contribution in [0.3, 0.4) is 0 Å². The number of phenolic OH excluding ortho intramolecular Hbond substituents is 1. The van der Waals surface area contributed by atoms with Crippen molar-refractivity contribution in [3.8, 4) is 11.4 Å². The van der Waals surface area contributed by atoms with Gasteiger partial charge in [0.25, 0.3) is 5.56 Å². The summed E-state index contributed by atoms with van der Waals surface area (Å²) in [5.74, 6) is -0.262. The van der Waals surface area contributed by atoms with Gasteiger partial charge in [0.05, 0.1) is 27.3 Å². The number of hydrogen-bond donors (Lipinski definition) is 1. The largest absolute Gasteiger partial charge is 0.504 e. The van der Waals surface area contributed by atoms with Gasteiger partial charge in [0, 0.05) is 5.69 Å². The maximum absolute atomic E-state index is 12.6. The fraction of sp³-hybridized carbons (Fsp3) is 0.0714. The molecule has 0 radical (unpaired) electrons. The van der Waals surface area contributed by atoms with Gasteiger partial charge in [-0.25, -0.2) is 4.98 Å². The second-order valence-corrected chi connectivity index (χ2v) is 5.30. The molecular weight excluding hydrogens is 313 g/mol. The van der Waals surface area contributed by atoms with Crippen molar-refractivity contribution < 1.29 is 5.11 Å². The average Bonchev–Trinajstić information content (AvgIpc) is 2.45. The summed E-state index contributed by atoms with van der Waals surface area (Å²) >= 11 is 11.9. The molecular formula is C14H9Cl2N3O2. The van der Waals surface area contributed by atoms with Crippen LogP contribution >= 0.6 is 23.2 Å². The predicted octanol–water partition coefficient (Wildman–Crippen LogP) is 3.10. The van der Waals surface area contributed by atoms with Gasteiger partial charge in [-0.05, 0) is 25.1 Å². The molecule has 3 rings (SSSR count). The van der Waals surface area contributed by atoms with E-state index in [1.165, 1.54) is 17.0 Å². The SMILES string of the molecule is Cc1ccc(-n2cnc3c(O)c(Cl)cc(Cl)c3c2=O)cn1. The van der Waals surface area contributed by atoms with Crippen LogP contribution in [0.15, 0.2) is 35.5 Å². The first-order valence-electron chi connectivity index (χ1n) is 6.00. The molecule has 1 N–H and O–H groups in total. The molecule has 3 aromatic rings. The zero-order valence-corrected chi connectivity index (χ0v) is 12.4. The van der Waals surface area contributed by atoms with Gasteiger partial charge in [-0.2, -0.15) is 0 Å². The third-order valence-corrected chi connectivity index (χ3v) is 3.67. The number of aromatic hydroxyl groups is 1. The van der Waals surface area contributed by atoms with Crippen LogP contribution < -0.4 is 5.56 Å². The van der Waals surface area contributed by atoms with Gasteiger partial charge in [0.2, 0.25) is 0 Å². The van der Waals surface area contributed by atoms with E-state index < -0.39 is 5.56 Å². The molecule has 0 saturated carbocycles. The number of aromatic nitrogens is 3. The van der Waals surface area contributed by atoms with E-state index in [9.17, 15) is 9.90 Å². The molecule has 0 amide bonds. The van der Waals surface area contributed by atoms with Crippen LogP contribution in [-0.2, 0) is 0 Å². The zero-order valence-electron chi connectivity index (χ0n) is 10.8. The Morgan fingerprint density at radius 2 is 1.95 bits per heavy atom. The van der Waals surface area contributed by atoms with Gasteiger partial charge < -0.3 is 5.11 Å². The van der Waals surface area contributed by atoms with Crippen molar-refractivity contribution in [3.63, 3.8) is 0 Å². The molecule has 7 heteroatoms. The maximum atomic E-state index is 12.6. The second-order valence-electron chi connectivity index (χ2n) is 4.49. The Bertz CT molecular complexity index is 905. The predicted molar refractivity (Wildman–Crippen MR) is 81.6 cm³/mol. The second kappa shape index (κ2) is 5.02. The number of nitrogens with zero attached hydrogens (tertiary/aromatic N) is 3. The Kier molecular flexibility index (Phi) is 3.31.